The maximum absolute atomic E-state index is 5.97. The molecule has 14 heavy (non-hydrogen) atoms. The van der Waals surface area contributed by atoms with Gasteiger partial charge in [0.1, 0.15) is 0 Å². The first kappa shape index (κ1) is 11.8. The van der Waals surface area contributed by atoms with Crippen molar-refractivity contribution in [2.24, 2.45) is 10.7 Å². The van der Waals surface area contributed by atoms with Gasteiger partial charge in [-0.25, -0.2) is 4.99 Å². The second-order valence-electron chi connectivity index (χ2n) is 2.65. The van der Waals surface area contributed by atoms with E-state index in [-0.39, 0.29) is 0 Å². The molecular weight excluding hydrogens is 287 g/mol. The minimum Gasteiger partial charge on any atom is -0.387 e. The fourth-order valence-corrected chi connectivity index (χ4v) is 1.65. The SMILES string of the molecule is CCC(N)=Nc1ccc(Br)c(Cl)c1Cl. The largest absolute Gasteiger partial charge is 0.387 e. The molecule has 0 heterocycles. The fraction of sp³-hybridized carbons (Fsp3) is 0.222. The summed E-state index contributed by atoms with van der Waals surface area (Å²) >= 11 is 15.2. The Bertz CT molecular complexity index is 377. The molecule has 0 saturated heterocycles. The van der Waals surface area contributed by atoms with Gasteiger partial charge in [-0.15, -0.1) is 0 Å². The van der Waals surface area contributed by atoms with Crippen molar-refractivity contribution in [1.82, 2.24) is 0 Å². The molecule has 0 aliphatic carbocycles. The van der Waals surface area contributed by atoms with Gasteiger partial charge >= 0.3 is 0 Å². The van der Waals surface area contributed by atoms with E-state index in [2.05, 4.69) is 20.9 Å². The summed E-state index contributed by atoms with van der Waals surface area (Å²) in [7, 11) is 0. The Balaban J connectivity index is 3.18. The molecule has 2 nitrogen and oxygen atoms in total. The van der Waals surface area contributed by atoms with Crippen LogP contribution in [-0.4, -0.2) is 5.84 Å². The van der Waals surface area contributed by atoms with Crippen LogP contribution in [0.3, 0.4) is 0 Å². The molecule has 0 aromatic heterocycles. The fourth-order valence-electron chi connectivity index (χ4n) is 0.836. The summed E-state index contributed by atoms with van der Waals surface area (Å²) in [4.78, 5) is 4.14. The van der Waals surface area contributed by atoms with Crippen LogP contribution in [0.5, 0.6) is 0 Å². The van der Waals surface area contributed by atoms with Crippen LogP contribution in [0.25, 0.3) is 0 Å². The van der Waals surface area contributed by atoms with Gasteiger partial charge in [-0.1, -0.05) is 30.1 Å². The number of halogens is 3. The van der Waals surface area contributed by atoms with Gasteiger partial charge in [-0.05, 0) is 28.1 Å². The number of aliphatic imine (C=N–C) groups is 1. The van der Waals surface area contributed by atoms with Gasteiger partial charge < -0.3 is 5.73 Å². The topological polar surface area (TPSA) is 38.4 Å². The summed E-state index contributed by atoms with van der Waals surface area (Å²) in [6, 6.07) is 3.55. The third-order valence-corrected chi connectivity index (χ3v) is 3.40. The maximum atomic E-state index is 5.97. The van der Waals surface area contributed by atoms with Crippen LogP contribution in [-0.2, 0) is 0 Å². The minimum atomic E-state index is 0.414. The molecule has 1 aromatic carbocycles. The number of hydrogen-bond acceptors (Lipinski definition) is 1. The highest BCUT2D eigenvalue weighted by Gasteiger charge is 2.07. The smallest absolute Gasteiger partial charge is 0.0994 e. The molecule has 0 spiro atoms. The Morgan fingerprint density at radius 3 is 2.64 bits per heavy atom. The number of amidine groups is 1. The maximum Gasteiger partial charge on any atom is 0.0994 e. The van der Waals surface area contributed by atoms with Crippen molar-refractivity contribution < 1.29 is 0 Å². The number of benzene rings is 1. The lowest BCUT2D eigenvalue weighted by atomic mass is 10.3. The van der Waals surface area contributed by atoms with E-state index in [1.165, 1.54) is 0 Å². The summed E-state index contributed by atoms with van der Waals surface area (Å²) < 4.78 is 0.748. The predicted molar refractivity (Wildman–Crippen MR) is 65.7 cm³/mol. The minimum absolute atomic E-state index is 0.414. The quantitative estimate of drug-likeness (QED) is 0.497. The molecule has 1 rings (SSSR count). The van der Waals surface area contributed by atoms with Crippen LogP contribution < -0.4 is 5.73 Å². The Morgan fingerprint density at radius 2 is 2.07 bits per heavy atom. The zero-order valence-electron chi connectivity index (χ0n) is 7.52. The lowest BCUT2D eigenvalue weighted by Crippen LogP contribution is -2.08. The first-order valence-corrected chi connectivity index (χ1v) is 5.57. The third kappa shape index (κ3) is 2.62. The van der Waals surface area contributed by atoms with Crippen molar-refractivity contribution in [3.8, 4) is 0 Å². The molecule has 0 radical (unpaired) electrons. The van der Waals surface area contributed by atoms with Crippen molar-refractivity contribution in [2.75, 3.05) is 0 Å². The summed E-state index contributed by atoms with van der Waals surface area (Å²) in [5, 5.41) is 0.870. The molecule has 0 fully saturated rings. The molecule has 5 heteroatoms. The van der Waals surface area contributed by atoms with Crippen LogP contribution in [0, 0.1) is 0 Å². The molecule has 0 amide bonds. The molecular formula is C9H9BrCl2N2. The highest BCUT2D eigenvalue weighted by atomic mass is 79.9. The summed E-state index contributed by atoms with van der Waals surface area (Å²) in [6.07, 6.45) is 0.685. The average molecular weight is 296 g/mol. The average Bonchev–Trinajstić information content (AvgIpc) is 2.19. The molecule has 0 bridgehead atoms. The van der Waals surface area contributed by atoms with E-state index in [0.29, 0.717) is 28.0 Å². The first-order chi connectivity index (χ1) is 6.56. The van der Waals surface area contributed by atoms with Gasteiger partial charge in [-0.2, -0.15) is 0 Å². The lowest BCUT2D eigenvalue weighted by molar-refractivity contribution is 1.24. The summed E-state index contributed by atoms with van der Waals surface area (Å²) in [5.41, 5.74) is 6.20. The molecule has 0 aliphatic heterocycles. The molecule has 0 atom stereocenters. The Hall–Kier alpha value is -0.250. The molecule has 1 aromatic rings. The molecule has 76 valence electrons. The van der Waals surface area contributed by atoms with Gasteiger partial charge in [0.05, 0.1) is 21.6 Å². The van der Waals surface area contributed by atoms with Gasteiger partial charge in [0, 0.05) is 10.9 Å². The second kappa shape index (κ2) is 5.01. The normalized spacial score (nSPS) is 11.9. The zero-order chi connectivity index (χ0) is 10.7. The van der Waals surface area contributed by atoms with Crippen LogP contribution in [0.1, 0.15) is 13.3 Å². The monoisotopic (exact) mass is 294 g/mol. The zero-order valence-corrected chi connectivity index (χ0v) is 10.6. The summed E-state index contributed by atoms with van der Waals surface area (Å²) in [6.45, 7) is 1.92. The number of nitrogens with two attached hydrogens (primary N) is 1. The lowest BCUT2D eigenvalue weighted by Gasteiger charge is -2.03. The van der Waals surface area contributed by atoms with E-state index in [1.807, 2.05) is 6.92 Å². The van der Waals surface area contributed by atoms with E-state index in [0.717, 1.165) is 4.47 Å². The second-order valence-corrected chi connectivity index (χ2v) is 4.26. The Morgan fingerprint density at radius 1 is 1.43 bits per heavy atom. The van der Waals surface area contributed by atoms with Crippen molar-refractivity contribution in [2.45, 2.75) is 13.3 Å². The van der Waals surface area contributed by atoms with Crippen LogP contribution >= 0.6 is 39.1 Å². The van der Waals surface area contributed by atoms with E-state index in [4.69, 9.17) is 28.9 Å². The summed E-state index contributed by atoms with van der Waals surface area (Å²) in [5.74, 6) is 0.533. The van der Waals surface area contributed by atoms with Gasteiger partial charge in [0.25, 0.3) is 0 Å². The Labute approximate surface area is 101 Å². The van der Waals surface area contributed by atoms with Crippen molar-refractivity contribution in [1.29, 1.82) is 0 Å². The van der Waals surface area contributed by atoms with Crippen LogP contribution in [0.4, 0.5) is 5.69 Å². The number of hydrogen-bond donors (Lipinski definition) is 1. The van der Waals surface area contributed by atoms with Gasteiger partial charge in [-0.3, -0.25) is 0 Å². The third-order valence-electron chi connectivity index (χ3n) is 1.64. The highest BCUT2D eigenvalue weighted by molar-refractivity contribution is 9.10. The first-order valence-electron chi connectivity index (χ1n) is 4.02. The van der Waals surface area contributed by atoms with Crippen molar-refractivity contribution >= 4 is 50.7 Å². The highest BCUT2D eigenvalue weighted by Crippen LogP contribution is 2.37. The van der Waals surface area contributed by atoms with E-state index in [9.17, 15) is 0 Å². The Kier molecular flexibility index (Phi) is 4.23. The van der Waals surface area contributed by atoms with E-state index >= 15 is 0 Å². The standard InChI is InChI=1S/C9H9BrCl2N2/c1-2-7(13)14-6-4-3-5(10)8(11)9(6)12/h3-4H,2H2,1H3,(H2,13,14). The molecule has 0 unspecified atom stereocenters. The number of rotatable bonds is 2. The van der Waals surface area contributed by atoms with Gasteiger partial charge in [0.2, 0.25) is 0 Å². The van der Waals surface area contributed by atoms with Crippen molar-refractivity contribution in [3.05, 3.63) is 26.7 Å². The van der Waals surface area contributed by atoms with Crippen LogP contribution in [0.2, 0.25) is 10.0 Å². The number of nitrogens with zero attached hydrogens (tertiary/aromatic N) is 1. The van der Waals surface area contributed by atoms with Gasteiger partial charge in [0.15, 0.2) is 0 Å². The van der Waals surface area contributed by atoms with Crippen LogP contribution in [0.15, 0.2) is 21.6 Å². The van der Waals surface area contributed by atoms with E-state index < -0.39 is 0 Å². The van der Waals surface area contributed by atoms with E-state index in [1.54, 1.807) is 12.1 Å². The molecule has 0 aliphatic rings. The molecule has 2 N–H and O–H groups in total. The van der Waals surface area contributed by atoms with Crippen molar-refractivity contribution in [3.63, 3.8) is 0 Å². The predicted octanol–water partition coefficient (Wildman–Crippen LogP) is 4.15. The molecule has 0 saturated carbocycles.